The highest BCUT2D eigenvalue weighted by molar-refractivity contribution is 7.99. The Bertz CT molecular complexity index is 472. The van der Waals surface area contributed by atoms with E-state index < -0.39 is 0 Å². The lowest BCUT2D eigenvalue weighted by molar-refractivity contribution is 0.632. The highest BCUT2D eigenvalue weighted by Crippen LogP contribution is 2.24. The van der Waals surface area contributed by atoms with Crippen LogP contribution >= 0.6 is 11.8 Å². The summed E-state index contributed by atoms with van der Waals surface area (Å²) in [6.45, 7) is 1.09. The highest BCUT2D eigenvalue weighted by atomic mass is 32.2. The summed E-state index contributed by atoms with van der Waals surface area (Å²) in [7, 11) is 0. The molecule has 1 atom stereocenters. The van der Waals surface area contributed by atoms with Crippen molar-refractivity contribution in [3.05, 3.63) is 36.5 Å². The third-order valence-electron chi connectivity index (χ3n) is 3.32. The SMILES string of the molecule is c1cc(-c2ccc(NCC3CCSC3)cc2)[nH]n1. The van der Waals surface area contributed by atoms with E-state index in [2.05, 4.69) is 51.5 Å². The summed E-state index contributed by atoms with van der Waals surface area (Å²) in [5, 5.41) is 10.5. The van der Waals surface area contributed by atoms with Crippen LogP contribution in [-0.2, 0) is 0 Å². The number of benzene rings is 1. The van der Waals surface area contributed by atoms with Crippen LogP contribution in [0, 0.1) is 5.92 Å². The number of aromatic amines is 1. The van der Waals surface area contributed by atoms with Gasteiger partial charge < -0.3 is 5.32 Å². The van der Waals surface area contributed by atoms with E-state index >= 15 is 0 Å². The molecule has 1 fully saturated rings. The summed E-state index contributed by atoms with van der Waals surface area (Å²) >= 11 is 2.07. The summed E-state index contributed by atoms with van der Waals surface area (Å²) < 4.78 is 0. The summed E-state index contributed by atoms with van der Waals surface area (Å²) in [5.74, 6) is 3.46. The summed E-state index contributed by atoms with van der Waals surface area (Å²) in [6, 6.07) is 10.5. The predicted octanol–water partition coefficient (Wildman–Crippen LogP) is 3.24. The third-order valence-corrected chi connectivity index (χ3v) is 4.55. The molecule has 0 bridgehead atoms. The van der Waals surface area contributed by atoms with Gasteiger partial charge in [0.2, 0.25) is 0 Å². The first-order valence-electron chi connectivity index (χ1n) is 6.33. The van der Waals surface area contributed by atoms with Crippen LogP contribution in [0.3, 0.4) is 0 Å². The van der Waals surface area contributed by atoms with Crippen molar-refractivity contribution in [1.29, 1.82) is 0 Å². The van der Waals surface area contributed by atoms with Gasteiger partial charge in [-0.2, -0.15) is 16.9 Å². The highest BCUT2D eigenvalue weighted by Gasteiger charge is 2.14. The maximum Gasteiger partial charge on any atom is 0.0650 e. The van der Waals surface area contributed by atoms with E-state index in [0.717, 1.165) is 18.2 Å². The van der Waals surface area contributed by atoms with E-state index in [9.17, 15) is 0 Å². The minimum Gasteiger partial charge on any atom is -0.385 e. The monoisotopic (exact) mass is 259 g/mol. The van der Waals surface area contributed by atoms with Crippen LogP contribution in [0.2, 0.25) is 0 Å². The van der Waals surface area contributed by atoms with Gasteiger partial charge >= 0.3 is 0 Å². The topological polar surface area (TPSA) is 40.7 Å². The van der Waals surface area contributed by atoms with E-state index in [0.29, 0.717) is 0 Å². The second-order valence-corrected chi connectivity index (χ2v) is 5.81. The largest absolute Gasteiger partial charge is 0.385 e. The Morgan fingerprint density at radius 2 is 2.17 bits per heavy atom. The molecule has 1 aliphatic heterocycles. The number of H-pyrrole nitrogens is 1. The summed E-state index contributed by atoms with van der Waals surface area (Å²) in [5.41, 5.74) is 3.44. The number of nitrogens with zero attached hydrogens (tertiary/aromatic N) is 1. The van der Waals surface area contributed by atoms with E-state index in [1.54, 1.807) is 6.20 Å². The Morgan fingerprint density at radius 1 is 1.28 bits per heavy atom. The lowest BCUT2D eigenvalue weighted by Gasteiger charge is -2.11. The molecule has 0 amide bonds. The Morgan fingerprint density at radius 3 is 2.83 bits per heavy atom. The lowest BCUT2D eigenvalue weighted by atomic mass is 10.1. The maximum atomic E-state index is 3.97. The Hall–Kier alpha value is -1.42. The molecule has 1 aromatic carbocycles. The van der Waals surface area contributed by atoms with Gasteiger partial charge in [0.1, 0.15) is 0 Å². The zero-order valence-electron chi connectivity index (χ0n) is 10.2. The third kappa shape index (κ3) is 2.70. The fourth-order valence-electron chi connectivity index (χ4n) is 2.19. The summed E-state index contributed by atoms with van der Waals surface area (Å²) in [4.78, 5) is 0. The fourth-order valence-corrected chi connectivity index (χ4v) is 3.48. The number of anilines is 1. The van der Waals surface area contributed by atoms with Gasteiger partial charge in [-0.25, -0.2) is 0 Å². The molecule has 4 heteroatoms. The van der Waals surface area contributed by atoms with Crippen LogP contribution in [0.25, 0.3) is 11.3 Å². The lowest BCUT2D eigenvalue weighted by Crippen LogP contribution is -2.13. The van der Waals surface area contributed by atoms with Gasteiger partial charge in [-0.3, -0.25) is 5.10 Å². The van der Waals surface area contributed by atoms with Crippen LogP contribution in [-0.4, -0.2) is 28.2 Å². The van der Waals surface area contributed by atoms with Crippen molar-refractivity contribution in [1.82, 2.24) is 10.2 Å². The quantitative estimate of drug-likeness (QED) is 0.885. The molecule has 0 saturated carbocycles. The van der Waals surface area contributed by atoms with Crippen LogP contribution in [0.4, 0.5) is 5.69 Å². The van der Waals surface area contributed by atoms with E-state index in [1.807, 2.05) is 6.07 Å². The molecule has 1 aromatic heterocycles. The molecular formula is C14H17N3S. The van der Waals surface area contributed by atoms with E-state index in [-0.39, 0.29) is 0 Å². The van der Waals surface area contributed by atoms with Crippen LogP contribution in [0.5, 0.6) is 0 Å². The maximum absolute atomic E-state index is 3.97. The van der Waals surface area contributed by atoms with Crippen molar-refractivity contribution in [2.45, 2.75) is 6.42 Å². The molecule has 3 rings (SSSR count). The van der Waals surface area contributed by atoms with Crippen molar-refractivity contribution in [2.75, 3.05) is 23.4 Å². The molecule has 2 N–H and O–H groups in total. The average Bonchev–Trinajstić information content (AvgIpc) is 3.10. The molecule has 94 valence electrons. The number of rotatable bonds is 4. The van der Waals surface area contributed by atoms with Gasteiger partial charge in [-0.15, -0.1) is 0 Å². The molecule has 2 heterocycles. The van der Waals surface area contributed by atoms with Crippen LogP contribution < -0.4 is 5.32 Å². The van der Waals surface area contributed by atoms with Crippen LogP contribution in [0.15, 0.2) is 36.5 Å². The van der Waals surface area contributed by atoms with Gasteiger partial charge in [0.05, 0.1) is 5.69 Å². The molecular weight excluding hydrogens is 242 g/mol. The van der Waals surface area contributed by atoms with Crippen LogP contribution in [0.1, 0.15) is 6.42 Å². The minimum atomic E-state index is 0.835. The number of hydrogen-bond acceptors (Lipinski definition) is 3. The number of nitrogens with one attached hydrogen (secondary N) is 2. The first-order valence-corrected chi connectivity index (χ1v) is 7.49. The molecule has 2 aromatic rings. The molecule has 1 unspecified atom stereocenters. The zero-order chi connectivity index (χ0) is 12.2. The van der Waals surface area contributed by atoms with Gasteiger partial charge in [0.15, 0.2) is 0 Å². The van der Waals surface area contributed by atoms with Crippen molar-refractivity contribution in [3.63, 3.8) is 0 Å². The molecule has 0 spiro atoms. The second-order valence-electron chi connectivity index (χ2n) is 4.66. The van der Waals surface area contributed by atoms with Crippen molar-refractivity contribution in [2.24, 2.45) is 5.92 Å². The predicted molar refractivity (Wildman–Crippen MR) is 77.9 cm³/mol. The Balaban J connectivity index is 1.60. The van der Waals surface area contributed by atoms with Crippen molar-refractivity contribution in [3.8, 4) is 11.3 Å². The zero-order valence-corrected chi connectivity index (χ0v) is 11.0. The number of thioether (sulfide) groups is 1. The molecule has 3 nitrogen and oxygen atoms in total. The first-order chi connectivity index (χ1) is 8.92. The average molecular weight is 259 g/mol. The molecule has 0 radical (unpaired) electrons. The first kappa shape index (κ1) is 11.7. The second kappa shape index (κ2) is 5.48. The Labute approximate surface area is 111 Å². The van der Waals surface area contributed by atoms with Crippen molar-refractivity contribution < 1.29 is 0 Å². The van der Waals surface area contributed by atoms with Gasteiger partial charge in [-0.1, -0.05) is 12.1 Å². The van der Waals surface area contributed by atoms with E-state index in [1.165, 1.54) is 29.2 Å². The molecule has 1 saturated heterocycles. The standard InChI is InChI=1S/C14H17N3S/c1-3-13(15-9-11-6-8-18-10-11)4-2-12(1)14-5-7-16-17-14/h1-5,7,11,15H,6,8-10H2,(H,16,17). The number of hydrogen-bond donors (Lipinski definition) is 2. The summed E-state index contributed by atoms with van der Waals surface area (Å²) in [6.07, 6.45) is 3.13. The smallest absolute Gasteiger partial charge is 0.0650 e. The fraction of sp³-hybridized carbons (Fsp3) is 0.357. The molecule has 1 aliphatic rings. The van der Waals surface area contributed by atoms with Gasteiger partial charge in [-0.05, 0) is 47.6 Å². The Kier molecular flexibility index (Phi) is 3.55. The van der Waals surface area contributed by atoms with E-state index in [4.69, 9.17) is 0 Å². The minimum absolute atomic E-state index is 0.835. The molecule has 18 heavy (non-hydrogen) atoms. The number of aromatic nitrogens is 2. The van der Waals surface area contributed by atoms with Gasteiger partial charge in [0, 0.05) is 18.4 Å². The molecule has 0 aliphatic carbocycles. The van der Waals surface area contributed by atoms with Gasteiger partial charge in [0.25, 0.3) is 0 Å². The normalized spacial score (nSPS) is 19.0. The van der Waals surface area contributed by atoms with Crippen molar-refractivity contribution >= 4 is 17.4 Å².